The summed E-state index contributed by atoms with van der Waals surface area (Å²) in [4.78, 5) is 0. The van der Waals surface area contributed by atoms with E-state index in [1.165, 1.54) is 12.8 Å². The third-order valence-electron chi connectivity index (χ3n) is 3.10. The van der Waals surface area contributed by atoms with E-state index in [2.05, 4.69) is 16.4 Å². The quantitative estimate of drug-likeness (QED) is 0.701. The Morgan fingerprint density at radius 1 is 0.933 bits per heavy atom. The highest BCUT2D eigenvalue weighted by Gasteiger charge is 2.46. The molecule has 0 aromatic rings. The van der Waals surface area contributed by atoms with Gasteiger partial charge in [0.05, 0.1) is 0 Å². The van der Waals surface area contributed by atoms with E-state index in [0.717, 1.165) is 6.32 Å². The van der Waals surface area contributed by atoms with Crippen LogP contribution in [0.2, 0.25) is 6.32 Å². The lowest BCUT2D eigenvalue weighted by atomic mass is 9.55. The van der Waals surface area contributed by atoms with Gasteiger partial charge in [-0.2, -0.15) is 22.9 Å². The molecule has 0 aromatic carbocycles. The Labute approximate surface area is 104 Å². The Bertz CT molecular complexity index is 196. The minimum atomic E-state index is -0.120. The first-order chi connectivity index (χ1) is 7.00. The average molecular weight is 248 g/mol. The van der Waals surface area contributed by atoms with Gasteiger partial charge in [0, 0.05) is 0 Å². The van der Waals surface area contributed by atoms with Crippen molar-refractivity contribution >= 4 is 42.7 Å². The molecule has 0 radical (unpaired) electrons. The SMILES string of the molecule is CCCCB1N(C)B(Cl)N(C)B(Cl)N1C. The van der Waals surface area contributed by atoms with Crippen molar-refractivity contribution in [3.05, 3.63) is 0 Å². The standard InChI is InChI=1S/C7H18B3Cl2N3/c1-5-6-7-8-13(2)9(11)15(4)10(12)14(8)3/h5-7H2,1-4H3. The summed E-state index contributed by atoms with van der Waals surface area (Å²) in [7, 11) is 6.04. The Hall–Kier alpha value is 0.655. The van der Waals surface area contributed by atoms with Gasteiger partial charge in [-0.15, -0.1) is 0 Å². The van der Waals surface area contributed by atoms with Crippen molar-refractivity contribution in [2.24, 2.45) is 0 Å². The van der Waals surface area contributed by atoms with Crippen LogP contribution in [0.1, 0.15) is 19.8 Å². The van der Waals surface area contributed by atoms with Gasteiger partial charge in [-0.05, 0) is 27.5 Å². The number of hydrogen-bond acceptors (Lipinski definition) is 3. The molecule has 1 rings (SSSR count). The predicted molar refractivity (Wildman–Crippen MR) is 72.0 cm³/mol. The van der Waals surface area contributed by atoms with Crippen molar-refractivity contribution in [3.8, 4) is 0 Å². The molecular weight excluding hydrogens is 229 g/mol. The molecule has 84 valence electrons. The summed E-state index contributed by atoms with van der Waals surface area (Å²) in [6, 6.07) is 0. The number of rotatable bonds is 3. The Kier molecular flexibility index (Phi) is 5.33. The minimum Gasteiger partial charge on any atom is -0.345 e. The lowest BCUT2D eigenvalue weighted by molar-refractivity contribution is 0.554. The van der Waals surface area contributed by atoms with E-state index in [4.69, 9.17) is 22.9 Å². The van der Waals surface area contributed by atoms with E-state index in [9.17, 15) is 0 Å². The van der Waals surface area contributed by atoms with Gasteiger partial charge in [-0.25, -0.2) is 0 Å². The van der Waals surface area contributed by atoms with Crippen molar-refractivity contribution < 1.29 is 0 Å². The van der Waals surface area contributed by atoms with Crippen LogP contribution in [0.15, 0.2) is 0 Å². The van der Waals surface area contributed by atoms with Crippen LogP contribution in [-0.4, -0.2) is 55.1 Å². The van der Waals surface area contributed by atoms with Crippen LogP contribution in [0, 0.1) is 0 Å². The lowest BCUT2D eigenvalue weighted by Gasteiger charge is -2.46. The first-order valence-corrected chi connectivity index (χ1v) is 6.32. The van der Waals surface area contributed by atoms with Crippen LogP contribution in [0.25, 0.3) is 0 Å². The third-order valence-corrected chi connectivity index (χ3v) is 4.33. The van der Waals surface area contributed by atoms with Crippen molar-refractivity contribution in [2.75, 3.05) is 21.1 Å². The summed E-state index contributed by atoms with van der Waals surface area (Å²) >= 11 is 12.6. The number of unbranched alkanes of at least 4 members (excludes halogenated alkanes) is 1. The van der Waals surface area contributed by atoms with E-state index in [-0.39, 0.29) is 12.8 Å². The summed E-state index contributed by atoms with van der Waals surface area (Å²) in [5, 5.41) is 0. The van der Waals surface area contributed by atoms with E-state index in [0.29, 0.717) is 6.98 Å². The van der Waals surface area contributed by atoms with Gasteiger partial charge in [0.25, 0.3) is 6.98 Å². The van der Waals surface area contributed by atoms with Crippen molar-refractivity contribution in [1.82, 2.24) is 14.2 Å². The molecule has 15 heavy (non-hydrogen) atoms. The molecule has 0 saturated carbocycles. The van der Waals surface area contributed by atoms with Crippen molar-refractivity contribution in [1.29, 1.82) is 0 Å². The van der Waals surface area contributed by atoms with Crippen LogP contribution in [-0.2, 0) is 0 Å². The molecule has 0 unspecified atom stereocenters. The molecule has 1 aliphatic heterocycles. The molecule has 0 aliphatic carbocycles. The summed E-state index contributed by atoms with van der Waals surface area (Å²) in [6.07, 6.45) is 3.28. The maximum Gasteiger partial charge on any atom is 0.399 e. The van der Waals surface area contributed by atoms with Gasteiger partial charge in [0.2, 0.25) is 0 Å². The largest absolute Gasteiger partial charge is 0.399 e. The smallest absolute Gasteiger partial charge is 0.345 e. The van der Waals surface area contributed by atoms with Gasteiger partial charge in [-0.3, -0.25) is 0 Å². The van der Waals surface area contributed by atoms with Crippen LogP contribution >= 0.6 is 22.9 Å². The number of hydrogen-bond donors (Lipinski definition) is 0. The molecule has 0 spiro atoms. The normalized spacial score (nSPS) is 21.6. The monoisotopic (exact) mass is 247 g/mol. The molecule has 1 saturated heterocycles. The van der Waals surface area contributed by atoms with Gasteiger partial charge in [-0.1, -0.05) is 19.8 Å². The second-order valence-electron chi connectivity index (χ2n) is 4.24. The molecule has 1 fully saturated rings. The summed E-state index contributed by atoms with van der Waals surface area (Å²) < 4.78 is 6.28. The maximum atomic E-state index is 6.29. The highest BCUT2D eigenvalue weighted by Crippen LogP contribution is 2.22. The van der Waals surface area contributed by atoms with Crippen LogP contribution in [0.4, 0.5) is 0 Å². The first kappa shape index (κ1) is 13.7. The van der Waals surface area contributed by atoms with Crippen LogP contribution < -0.4 is 0 Å². The molecule has 0 amide bonds. The molecule has 1 heterocycles. The van der Waals surface area contributed by atoms with Crippen molar-refractivity contribution in [2.45, 2.75) is 26.1 Å². The molecular formula is C7H18B3Cl2N3. The third kappa shape index (κ3) is 2.86. The first-order valence-electron chi connectivity index (χ1n) is 5.44. The Morgan fingerprint density at radius 2 is 1.40 bits per heavy atom. The molecule has 0 N–H and O–H groups in total. The lowest BCUT2D eigenvalue weighted by Crippen LogP contribution is -2.71. The zero-order valence-electron chi connectivity index (χ0n) is 9.95. The highest BCUT2D eigenvalue weighted by molar-refractivity contribution is 7.19. The highest BCUT2D eigenvalue weighted by atomic mass is 35.5. The summed E-state index contributed by atoms with van der Waals surface area (Å²) in [5.41, 5.74) is 0. The fourth-order valence-corrected chi connectivity index (χ4v) is 2.57. The fraction of sp³-hybridized carbons (Fsp3) is 1.00. The van der Waals surface area contributed by atoms with Crippen LogP contribution in [0.5, 0.6) is 0 Å². The average Bonchev–Trinajstić information content (AvgIpc) is 2.24. The second-order valence-corrected chi connectivity index (χ2v) is 5.02. The number of halogens is 2. The maximum absolute atomic E-state index is 6.29. The van der Waals surface area contributed by atoms with Crippen molar-refractivity contribution in [3.63, 3.8) is 0 Å². The van der Waals surface area contributed by atoms with Gasteiger partial charge in [0.1, 0.15) is 0 Å². The molecule has 0 atom stereocenters. The van der Waals surface area contributed by atoms with Gasteiger partial charge in [0.15, 0.2) is 0 Å². The van der Waals surface area contributed by atoms with E-state index >= 15 is 0 Å². The zero-order valence-corrected chi connectivity index (χ0v) is 11.5. The molecule has 3 nitrogen and oxygen atoms in total. The minimum absolute atomic E-state index is 0.120. The van der Waals surface area contributed by atoms with Gasteiger partial charge < -0.3 is 14.2 Å². The number of nitrogens with zero attached hydrogens (tertiary/aromatic N) is 3. The topological polar surface area (TPSA) is 9.72 Å². The van der Waals surface area contributed by atoms with Crippen LogP contribution in [0.3, 0.4) is 0 Å². The zero-order chi connectivity index (χ0) is 11.6. The molecule has 0 bridgehead atoms. The summed E-state index contributed by atoms with van der Waals surface area (Å²) in [6.45, 7) is 2.54. The van der Waals surface area contributed by atoms with E-state index < -0.39 is 0 Å². The molecule has 0 aromatic heterocycles. The predicted octanol–water partition coefficient (Wildman–Crippen LogP) is 1.53. The van der Waals surface area contributed by atoms with E-state index in [1.54, 1.807) is 0 Å². The fourth-order valence-electron chi connectivity index (χ4n) is 2.04. The second kappa shape index (κ2) is 5.83. The van der Waals surface area contributed by atoms with E-state index in [1.807, 2.05) is 25.9 Å². The molecule has 8 heteroatoms. The Balaban J connectivity index is 2.68. The summed E-state index contributed by atoms with van der Waals surface area (Å²) in [5.74, 6) is 0. The van der Waals surface area contributed by atoms with Gasteiger partial charge >= 0.3 is 12.8 Å². The Morgan fingerprint density at radius 3 is 1.80 bits per heavy atom. The molecule has 1 aliphatic rings.